The summed E-state index contributed by atoms with van der Waals surface area (Å²) >= 11 is 6.14. The highest BCUT2D eigenvalue weighted by Crippen LogP contribution is 2.38. The Hall–Kier alpha value is -2.99. The largest absolute Gasteiger partial charge is 0.373 e. The monoisotopic (exact) mass is 557 g/mol. The number of fused-ring (bicyclic) bond motifs is 1. The maximum Gasteiger partial charge on any atom is 0.266 e. The molecule has 3 atom stereocenters. The summed E-state index contributed by atoms with van der Waals surface area (Å²) in [6.07, 6.45) is 7.07. The average molecular weight is 558 g/mol. The summed E-state index contributed by atoms with van der Waals surface area (Å²) < 4.78 is 47.0. The molecule has 5 rings (SSSR count). The zero-order valence-electron chi connectivity index (χ0n) is 20.7. The van der Waals surface area contributed by atoms with Gasteiger partial charge in [0.1, 0.15) is 10.6 Å². The molecule has 3 N–H and O–H groups in total. The van der Waals surface area contributed by atoms with Crippen LogP contribution in [-0.4, -0.2) is 68.9 Å². The minimum atomic E-state index is -4.14. The lowest BCUT2D eigenvalue weighted by Gasteiger charge is -2.39. The van der Waals surface area contributed by atoms with E-state index in [9.17, 15) is 13.2 Å². The third-order valence-electron chi connectivity index (χ3n) is 6.81. The molecule has 1 aliphatic carbocycles. The number of aromatic amines is 1. The van der Waals surface area contributed by atoms with Crippen molar-refractivity contribution in [1.29, 1.82) is 0 Å². The fraction of sp³-hybridized carbons (Fsp3) is 0.296. The number of hydrogen-bond donors (Lipinski definition) is 2. The normalized spacial score (nSPS) is 24.2. The number of nitrogens with zero attached hydrogens (tertiary/aromatic N) is 1. The number of halogens is 1. The Kier molecular flexibility index (Phi) is 7.45. The van der Waals surface area contributed by atoms with Gasteiger partial charge in [-0.2, -0.15) is 4.31 Å². The zero-order valence-corrected chi connectivity index (χ0v) is 22.2. The van der Waals surface area contributed by atoms with Gasteiger partial charge in [0.25, 0.3) is 5.91 Å². The van der Waals surface area contributed by atoms with Gasteiger partial charge in [-0.05, 0) is 29.8 Å². The van der Waals surface area contributed by atoms with Gasteiger partial charge in [-0.15, -0.1) is 0 Å². The molecule has 0 bridgehead atoms. The molecule has 1 aromatic heterocycles. The van der Waals surface area contributed by atoms with Crippen molar-refractivity contribution < 1.29 is 27.4 Å². The van der Waals surface area contributed by atoms with E-state index in [-0.39, 0.29) is 42.8 Å². The number of sulfonamides is 1. The fourth-order valence-corrected chi connectivity index (χ4v) is 6.91. The van der Waals surface area contributed by atoms with E-state index in [0.29, 0.717) is 15.9 Å². The van der Waals surface area contributed by atoms with Gasteiger partial charge in [0, 0.05) is 36.1 Å². The van der Waals surface area contributed by atoms with Gasteiger partial charge in [-0.3, -0.25) is 4.79 Å². The first kappa shape index (κ1) is 26.6. The molecule has 1 aliphatic heterocycles. The standard InChI is InChI=1S/C27H28ClN3O6S/c1-35-27(12-6-5-9-22(27)18-7-3-2-4-8-18)37-17-20-16-31(13-14-36-20)38(33,34)25-21-15-19(28)10-11-23(21)30-24(25)26(29)32/h2-12,15,20,22,30H,13-14,16-17H2,1H3,(H2,29,32). The molecule has 0 radical (unpaired) electrons. The van der Waals surface area contributed by atoms with Gasteiger partial charge < -0.3 is 24.9 Å². The topological polar surface area (TPSA) is 124 Å². The van der Waals surface area contributed by atoms with Crippen LogP contribution < -0.4 is 5.73 Å². The summed E-state index contributed by atoms with van der Waals surface area (Å²) in [5.41, 5.74) is 6.80. The van der Waals surface area contributed by atoms with Gasteiger partial charge in [-0.25, -0.2) is 8.42 Å². The Morgan fingerprint density at radius 3 is 2.76 bits per heavy atom. The second-order valence-electron chi connectivity index (χ2n) is 9.11. The lowest BCUT2D eigenvalue weighted by atomic mass is 9.87. The lowest BCUT2D eigenvalue weighted by molar-refractivity contribution is -0.215. The van der Waals surface area contributed by atoms with E-state index in [1.807, 2.05) is 54.6 Å². The number of primary amides is 1. The Morgan fingerprint density at radius 2 is 2.03 bits per heavy atom. The minimum Gasteiger partial charge on any atom is -0.373 e. The summed E-state index contributed by atoms with van der Waals surface area (Å²) in [6.45, 7) is 0.349. The highest BCUT2D eigenvalue weighted by atomic mass is 35.5. The van der Waals surface area contributed by atoms with Crippen LogP contribution in [0.15, 0.2) is 77.7 Å². The number of H-pyrrole nitrogens is 1. The van der Waals surface area contributed by atoms with Crippen molar-refractivity contribution in [2.24, 2.45) is 5.73 Å². The van der Waals surface area contributed by atoms with Crippen LogP contribution in [0.4, 0.5) is 0 Å². The summed E-state index contributed by atoms with van der Waals surface area (Å²) in [7, 11) is -2.56. The quantitative estimate of drug-likeness (QED) is 0.408. The van der Waals surface area contributed by atoms with Gasteiger partial charge >= 0.3 is 0 Å². The first-order valence-corrected chi connectivity index (χ1v) is 13.9. The van der Waals surface area contributed by atoms with Crippen LogP contribution in [0.5, 0.6) is 0 Å². The number of hydrogen-bond acceptors (Lipinski definition) is 6. The van der Waals surface area contributed by atoms with E-state index in [4.69, 9.17) is 31.5 Å². The summed E-state index contributed by atoms with van der Waals surface area (Å²) in [4.78, 5) is 14.8. The Morgan fingerprint density at radius 1 is 1.24 bits per heavy atom. The van der Waals surface area contributed by atoms with Crippen LogP contribution >= 0.6 is 11.6 Å². The summed E-state index contributed by atoms with van der Waals surface area (Å²) in [5, 5.41) is 0.637. The SMILES string of the molecule is COC1(OCC2CN(S(=O)(=O)c3c(C(N)=O)[nH]c4ccc(Cl)cc34)CCO2)C=CC=CC1c1ccccc1. The van der Waals surface area contributed by atoms with E-state index < -0.39 is 27.8 Å². The van der Waals surface area contributed by atoms with Gasteiger partial charge in [0.2, 0.25) is 10.0 Å². The molecule has 38 heavy (non-hydrogen) atoms. The molecule has 2 aromatic carbocycles. The number of morpholine rings is 1. The van der Waals surface area contributed by atoms with Crippen molar-refractivity contribution in [3.05, 3.63) is 89.1 Å². The Labute approximate surface area is 225 Å². The fourth-order valence-electron chi connectivity index (χ4n) is 4.94. The second-order valence-corrected chi connectivity index (χ2v) is 11.4. The van der Waals surface area contributed by atoms with Crippen molar-refractivity contribution in [3.63, 3.8) is 0 Å². The van der Waals surface area contributed by atoms with Crippen LogP contribution in [-0.2, 0) is 24.2 Å². The molecular formula is C27H28ClN3O6S. The number of nitrogens with two attached hydrogens (primary N) is 1. The summed E-state index contributed by atoms with van der Waals surface area (Å²) in [6, 6.07) is 14.6. The number of carbonyl (C=O) groups is 1. The van der Waals surface area contributed by atoms with E-state index in [1.165, 1.54) is 10.4 Å². The smallest absolute Gasteiger partial charge is 0.266 e. The van der Waals surface area contributed by atoms with E-state index in [1.54, 1.807) is 19.2 Å². The molecule has 9 nitrogen and oxygen atoms in total. The molecular weight excluding hydrogens is 530 g/mol. The van der Waals surface area contributed by atoms with E-state index >= 15 is 0 Å². The highest BCUT2D eigenvalue weighted by molar-refractivity contribution is 7.89. The Balaban J connectivity index is 1.39. The van der Waals surface area contributed by atoms with Crippen molar-refractivity contribution in [3.8, 4) is 0 Å². The first-order chi connectivity index (χ1) is 18.2. The van der Waals surface area contributed by atoms with Crippen LogP contribution in [0.1, 0.15) is 22.0 Å². The van der Waals surface area contributed by atoms with E-state index in [0.717, 1.165) is 5.56 Å². The maximum atomic E-state index is 13.8. The lowest BCUT2D eigenvalue weighted by Crippen LogP contribution is -2.49. The molecule has 3 aromatic rings. The van der Waals surface area contributed by atoms with Crippen LogP contribution in [0.25, 0.3) is 10.9 Å². The van der Waals surface area contributed by atoms with Gasteiger partial charge in [0.05, 0.1) is 25.2 Å². The first-order valence-electron chi connectivity index (χ1n) is 12.1. The van der Waals surface area contributed by atoms with Crippen molar-refractivity contribution in [2.75, 3.05) is 33.4 Å². The van der Waals surface area contributed by atoms with E-state index in [2.05, 4.69) is 4.98 Å². The average Bonchev–Trinajstić information content (AvgIpc) is 3.32. The number of rotatable bonds is 8. The molecule has 0 spiro atoms. The number of amides is 1. The molecule has 2 aliphatic rings. The van der Waals surface area contributed by atoms with Crippen LogP contribution in [0, 0.1) is 0 Å². The number of ether oxygens (including phenoxy) is 3. The molecule has 2 heterocycles. The number of benzene rings is 2. The molecule has 3 unspecified atom stereocenters. The number of carbonyl (C=O) groups excluding carboxylic acids is 1. The molecule has 1 amide bonds. The van der Waals surface area contributed by atoms with Crippen molar-refractivity contribution in [1.82, 2.24) is 9.29 Å². The predicted molar refractivity (Wildman–Crippen MR) is 143 cm³/mol. The van der Waals surface area contributed by atoms with Gasteiger partial charge in [-0.1, -0.05) is 60.2 Å². The number of methoxy groups -OCH3 is 1. The molecule has 200 valence electrons. The minimum absolute atomic E-state index is 0.0170. The second kappa shape index (κ2) is 10.6. The third kappa shape index (κ3) is 4.91. The molecule has 0 saturated carbocycles. The predicted octanol–water partition coefficient (Wildman–Crippen LogP) is 3.58. The number of aromatic nitrogens is 1. The molecule has 1 saturated heterocycles. The maximum absolute atomic E-state index is 13.8. The van der Waals surface area contributed by atoms with Crippen LogP contribution in [0.2, 0.25) is 5.02 Å². The Bertz CT molecular complexity index is 1500. The number of nitrogens with one attached hydrogen (secondary N) is 1. The molecule has 11 heteroatoms. The zero-order chi connectivity index (χ0) is 26.9. The van der Waals surface area contributed by atoms with Crippen molar-refractivity contribution >= 4 is 38.4 Å². The van der Waals surface area contributed by atoms with Gasteiger partial charge in [0.15, 0.2) is 5.79 Å². The molecule has 1 fully saturated rings. The third-order valence-corrected chi connectivity index (χ3v) is 8.99. The van der Waals surface area contributed by atoms with Crippen molar-refractivity contribution in [2.45, 2.75) is 22.7 Å². The number of allylic oxidation sites excluding steroid dienone is 2. The summed E-state index contributed by atoms with van der Waals surface area (Å²) in [5.74, 6) is -2.18. The highest BCUT2D eigenvalue weighted by Gasteiger charge is 2.41. The van der Waals surface area contributed by atoms with Crippen LogP contribution in [0.3, 0.4) is 0 Å².